The minimum atomic E-state index is -0.207. The molecular weight excluding hydrogens is 463 g/mol. The average Bonchev–Trinajstić information content (AvgIpc) is 3.14. The molecule has 154 valence electrons. The van der Waals surface area contributed by atoms with E-state index < -0.39 is 0 Å². The Morgan fingerprint density at radius 1 is 1.03 bits per heavy atom. The Kier molecular flexibility index (Phi) is 6.39. The highest BCUT2D eigenvalue weighted by molar-refractivity contribution is 7.99. The van der Waals surface area contributed by atoms with Crippen LogP contribution in [0.3, 0.4) is 0 Å². The van der Waals surface area contributed by atoms with Gasteiger partial charge in [-0.3, -0.25) is 9.36 Å². The molecule has 0 amide bonds. The summed E-state index contributed by atoms with van der Waals surface area (Å²) >= 11 is 19.8. The fourth-order valence-electron chi connectivity index (χ4n) is 3.10. The molecule has 4 rings (SSSR count). The molecular formula is C21H17Cl3N4OS. The summed E-state index contributed by atoms with van der Waals surface area (Å²) in [5.74, 6) is 0.688. The lowest BCUT2D eigenvalue weighted by molar-refractivity contribution is 0.754. The van der Waals surface area contributed by atoms with E-state index in [-0.39, 0.29) is 5.56 Å². The van der Waals surface area contributed by atoms with Gasteiger partial charge in [0.1, 0.15) is 0 Å². The van der Waals surface area contributed by atoms with Crippen molar-refractivity contribution in [3.63, 3.8) is 0 Å². The summed E-state index contributed by atoms with van der Waals surface area (Å²) < 4.78 is 3.45. The summed E-state index contributed by atoms with van der Waals surface area (Å²) in [7, 11) is 0. The maximum absolute atomic E-state index is 13.3. The van der Waals surface area contributed by atoms with E-state index in [0.29, 0.717) is 55.8 Å². The molecule has 0 aliphatic rings. The molecule has 30 heavy (non-hydrogen) atoms. The third kappa shape index (κ3) is 4.23. The Hall–Kier alpha value is -1.99. The van der Waals surface area contributed by atoms with Gasteiger partial charge in [-0.1, -0.05) is 52.6 Å². The molecule has 0 spiro atoms. The standard InChI is InChI=1S/C21H17Cl3N4OS/c1-2-27-12-25-18-19(27)26-21(28(20(18)29)16-7-5-14(22)6-8-16)30-10-9-13-3-4-15(23)11-17(13)24/h3-8,11-12H,2,9-10H2,1H3. The van der Waals surface area contributed by atoms with Crippen LogP contribution in [0.1, 0.15) is 12.5 Å². The fourth-order valence-corrected chi connectivity index (χ4v) is 4.70. The quantitative estimate of drug-likeness (QED) is 0.255. The molecule has 0 unspecified atom stereocenters. The fraction of sp³-hybridized carbons (Fsp3) is 0.190. The maximum Gasteiger partial charge on any atom is 0.286 e. The van der Waals surface area contributed by atoms with E-state index in [2.05, 4.69) is 4.98 Å². The Morgan fingerprint density at radius 3 is 2.47 bits per heavy atom. The van der Waals surface area contributed by atoms with Crippen LogP contribution in [0.15, 0.2) is 58.7 Å². The molecule has 0 atom stereocenters. The van der Waals surface area contributed by atoms with E-state index >= 15 is 0 Å². The number of halogens is 3. The smallest absolute Gasteiger partial charge is 0.286 e. The molecule has 9 heteroatoms. The van der Waals surface area contributed by atoms with Crippen molar-refractivity contribution in [2.75, 3.05) is 5.75 Å². The molecule has 4 aromatic rings. The van der Waals surface area contributed by atoms with Crippen molar-refractivity contribution >= 4 is 57.7 Å². The number of imidazole rings is 1. The van der Waals surface area contributed by atoms with Crippen LogP contribution in [-0.2, 0) is 13.0 Å². The number of aryl methyl sites for hydroxylation is 2. The second-order valence-electron chi connectivity index (χ2n) is 6.55. The van der Waals surface area contributed by atoms with E-state index in [9.17, 15) is 4.79 Å². The van der Waals surface area contributed by atoms with Crippen LogP contribution in [0.4, 0.5) is 0 Å². The number of aromatic nitrogens is 4. The molecule has 2 aromatic carbocycles. The Labute approximate surface area is 192 Å². The van der Waals surface area contributed by atoms with Crippen molar-refractivity contribution in [2.24, 2.45) is 0 Å². The van der Waals surface area contributed by atoms with Crippen molar-refractivity contribution in [3.8, 4) is 5.69 Å². The summed E-state index contributed by atoms with van der Waals surface area (Å²) in [5.41, 5.74) is 2.41. The van der Waals surface area contributed by atoms with E-state index in [4.69, 9.17) is 39.8 Å². The summed E-state index contributed by atoms with van der Waals surface area (Å²) in [6.07, 6.45) is 2.36. The third-order valence-corrected chi connectivity index (χ3v) is 6.43. The summed E-state index contributed by atoms with van der Waals surface area (Å²) in [5, 5.41) is 2.43. The number of thioether (sulfide) groups is 1. The molecule has 5 nitrogen and oxygen atoms in total. The van der Waals surface area contributed by atoms with Gasteiger partial charge in [-0.2, -0.15) is 0 Å². The molecule has 2 aromatic heterocycles. The van der Waals surface area contributed by atoms with Crippen LogP contribution in [0.5, 0.6) is 0 Å². The van der Waals surface area contributed by atoms with E-state index in [0.717, 1.165) is 5.56 Å². The molecule has 0 fully saturated rings. The highest BCUT2D eigenvalue weighted by atomic mass is 35.5. The first-order valence-electron chi connectivity index (χ1n) is 9.28. The third-order valence-electron chi connectivity index (χ3n) is 4.65. The number of hydrogen-bond donors (Lipinski definition) is 0. The zero-order valence-electron chi connectivity index (χ0n) is 16.0. The van der Waals surface area contributed by atoms with Gasteiger partial charge in [-0.25, -0.2) is 9.97 Å². The van der Waals surface area contributed by atoms with Crippen molar-refractivity contribution in [1.82, 2.24) is 19.1 Å². The first-order chi connectivity index (χ1) is 14.5. The number of hydrogen-bond acceptors (Lipinski definition) is 4. The van der Waals surface area contributed by atoms with Crippen LogP contribution in [-0.4, -0.2) is 24.9 Å². The van der Waals surface area contributed by atoms with Crippen molar-refractivity contribution in [2.45, 2.75) is 25.0 Å². The Balaban J connectivity index is 1.73. The molecule has 0 saturated heterocycles. The number of nitrogens with zero attached hydrogens (tertiary/aromatic N) is 4. The minimum Gasteiger partial charge on any atom is -0.315 e. The van der Waals surface area contributed by atoms with Gasteiger partial charge in [0, 0.05) is 27.4 Å². The van der Waals surface area contributed by atoms with Gasteiger partial charge in [0.15, 0.2) is 16.3 Å². The van der Waals surface area contributed by atoms with E-state index in [1.54, 1.807) is 41.2 Å². The SMILES string of the molecule is CCn1cnc2c(=O)n(-c3ccc(Cl)cc3)c(SCCc3ccc(Cl)cc3Cl)nc21. The van der Waals surface area contributed by atoms with E-state index in [1.807, 2.05) is 23.6 Å². The number of benzene rings is 2. The topological polar surface area (TPSA) is 52.7 Å². The molecule has 0 bridgehead atoms. The highest BCUT2D eigenvalue weighted by Crippen LogP contribution is 2.26. The molecule has 0 N–H and O–H groups in total. The van der Waals surface area contributed by atoms with Crippen LogP contribution < -0.4 is 5.56 Å². The molecule has 0 aliphatic heterocycles. The normalized spacial score (nSPS) is 11.3. The number of fused-ring (bicyclic) bond motifs is 1. The molecule has 2 heterocycles. The second kappa shape index (κ2) is 9.02. The van der Waals surface area contributed by atoms with Gasteiger partial charge in [0.2, 0.25) is 0 Å². The van der Waals surface area contributed by atoms with Gasteiger partial charge in [-0.15, -0.1) is 0 Å². The largest absolute Gasteiger partial charge is 0.315 e. The second-order valence-corrected chi connectivity index (χ2v) is 8.89. The van der Waals surface area contributed by atoms with Crippen molar-refractivity contribution < 1.29 is 0 Å². The van der Waals surface area contributed by atoms with Gasteiger partial charge < -0.3 is 4.57 Å². The van der Waals surface area contributed by atoms with Crippen LogP contribution >= 0.6 is 46.6 Å². The van der Waals surface area contributed by atoms with Crippen LogP contribution in [0.2, 0.25) is 15.1 Å². The average molecular weight is 480 g/mol. The predicted molar refractivity (Wildman–Crippen MR) is 125 cm³/mol. The molecule has 0 aliphatic carbocycles. The first-order valence-corrected chi connectivity index (χ1v) is 11.4. The maximum atomic E-state index is 13.3. The van der Waals surface area contributed by atoms with Crippen LogP contribution in [0.25, 0.3) is 16.9 Å². The highest BCUT2D eigenvalue weighted by Gasteiger charge is 2.17. The summed E-state index contributed by atoms with van der Waals surface area (Å²) in [6.45, 7) is 2.67. The monoisotopic (exact) mass is 478 g/mol. The van der Waals surface area contributed by atoms with Gasteiger partial charge in [-0.05, 0) is 55.3 Å². The van der Waals surface area contributed by atoms with Crippen LogP contribution in [0, 0.1) is 0 Å². The predicted octanol–water partition coefficient (Wildman–Crippen LogP) is 5.90. The van der Waals surface area contributed by atoms with Crippen molar-refractivity contribution in [3.05, 3.63) is 79.8 Å². The lowest BCUT2D eigenvalue weighted by Gasteiger charge is -2.13. The zero-order chi connectivity index (χ0) is 21.3. The minimum absolute atomic E-state index is 0.207. The summed E-state index contributed by atoms with van der Waals surface area (Å²) in [4.78, 5) is 22.3. The first kappa shape index (κ1) is 21.2. The Bertz CT molecular complexity index is 1270. The van der Waals surface area contributed by atoms with Gasteiger partial charge >= 0.3 is 0 Å². The number of rotatable bonds is 6. The van der Waals surface area contributed by atoms with Gasteiger partial charge in [0.25, 0.3) is 5.56 Å². The Morgan fingerprint density at radius 2 is 1.77 bits per heavy atom. The lowest BCUT2D eigenvalue weighted by atomic mass is 10.2. The van der Waals surface area contributed by atoms with Crippen molar-refractivity contribution in [1.29, 1.82) is 0 Å². The van der Waals surface area contributed by atoms with E-state index in [1.165, 1.54) is 11.8 Å². The molecule has 0 radical (unpaired) electrons. The van der Waals surface area contributed by atoms with Gasteiger partial charge in [0.05, 0.1) is 12.0 Å². The summed E-state index contributed by atoms with van der Waals surface area (Å²) in [6, 6.07) is 12.6. The lowest BCUT2D eigenvalue weighted by Crippen LogP contribution is -2.22. The molecule has 0 saturated carbocycles. The zero-order valence-corrected chi connectivity index (χ0v) is 19.1.